The second-order valence-electron chi connectivity index (χ2n) is 9.87. The molecule has 2 aliphatic heterocycles. The number of nitrogen functional groups attached to an aromatic ring is 2. The van der Waals surface area contributed by atoms with E-state index in [1.165, 1.54) is 17.2 Å². The molecule has 10 N–H and O–H groups in total. The van der Waals surface area contributed by atoms with Gasteiger partial charge in [0.2, 0.25) is 5.95 Å². The zero-order valence-electron chi connectivity index (χ0n) is 22.5. The van der Waals surface area contributed by atoms with Crippen molar-refractivity contribution in [1.29, 1.82) is 0 Å². The lowest BCUT2D eigenvalue weighted by Crippen LogP contribution is -2.36. The molecule has 0 radical (unpaired) electrons. The van der Waals surface area contributed by atoms with Crippen molar-refractivity contribution in [3.63, 3.8) is 0 Å². The van der Waals surface area contributed by atoms with Crippen LogP contribution in [0, 0.1) is 0 Å². The molecular weight excluding hydrogens is 650 g/mol. The molecule has 0 amide bonds. The van der Waals surface area contributed by atoms with Gasteiger partial charge in [0, 0.05) is 0 Å². The number of H-pyrrole nitrogens is 1. The number of anilines is 2. The molecule has 2 saturated heterocycles. The monoisotopic (exact) mass is 676 g/mol. The van der Waals surface area contributed by atoms with Crippen LogP contribution in [0.1, 0.15) is 12.5 Å². The Hall–Kier alpha value is -3.44. The number of phosphoric acid groups is 1. The van der Waals surface area contributed by atoms with Crippen molar-refractivity contribution in [3.05, 3.63) is 29.3 Å². The van der Waals surface area contributed by atoms with E-state index in [1.54, 1.807) is 0 Å². The van der Waals surface area contributed by atoms with Crippen molar-refractivity contribution in [2.45, 2.75) is 49.1 Å². The van der Waals surface area contributed by atoms with Gasteiger partial charge in [-0.25, -0.2) is 24.5 Å². The van der Waals surface area contributed by atoms with E-state index >= 15 is 0 Å². The normalized spacial score (nSPS) is 30.7. The van der Waals surface area contributed by atoms with E-state index in [0.717, 1.165) is 10.9 Å². The summed E-state index contributed by atoms with van der Waals surface area (Å²) >= 11 is 0. The molecule has 244 valence electrons. The van der Waals surface area contributed by atoms with Gasteiger partial charge in [0.1, 0.15) is 48.5 Å². The largest absolute Gasteiger partial charge is 0.472 e. The molecule has 23 nitrogen and oxygen atoms in total. The number of aliphatic hydroxyl groups is 3. The van der Waals surface area contributed by atoms with Crippen LogP contribution in [0.2, 0.25) is 0 Å². The van der Waals surface area contributed by atoms with Crippen LogP contribution in [0.4, 0.5) is 11.8 Å². The van der Waals surface area contributed by atoms with Gasteiger partial charge in [-0.15, -0.1) is 0 Å². The van der Waals surface area contributed by atoms with Crippen molar-refractivity contribution in [3.8, 4) is 0 Å². The van der Waals surface area contributed by atoms with E-state index in [2.05, 4.69) is 34.4 Å². The molecule has 45 heavy (non-hydrogen) atoms. The van der Waals surface area contributed by atoms with Gasteiger partial charge in [-0.2, -0.15) is 4.98 Å². The number of ether oxygens (including phenoxy) is 2. The Labute approximate surface area is 249 Å². The number of aromatic nitrogens is 8. The lowest BCUT2D eigenvalue weighted by molar-refractivity contribution is -0.0609. The molecule has 0 aliphatic carbocycles. The fourth-order valence-electron chi connectivity index (χ4n) is 4.98. The fraction of sp³-hybridized carbons (Fsp3) is 0.500. The van der Waals surface area contributed by atoms with Crippen LogP contribution < -0.4 is 17.0 Å². The van der Waals surface area contributed by atoms with E-state index < -0.39 is 83.9 Å². The molecular formula is C20H26N10O13P2. The summed E-state index contributed by atoms with van der Waals surface area (Å²) in [5.41, 5.74) is 10.8. The summed E-state index contributed by atoms with van der Waals surface area (Å²) in [5, 5.41) is 32.2. The maximum absolute atomic E-state index is 13.1. The summed E-state index contributed by atoms with van der Waals surface area (Å²) in [4.78, 5) is 54.1. The van der Waals surface area contributed by atoms with E-state index in [4.69, 9.17) is 34.9 Å². The zero-order valence-corrected chi connectivity index (χ0v) is 24.4. The van der Waals surface area contributed by atoms with Gasteiger partial charge in [-0.3, -0.25) is 32.5 Å². The number of phosphoric ester groups is 1. The van der Waals surface area contributed by atoms with E-state index in [0.29, 0.717) is 0 Å². The van der Waals surface area contributed by atoms with Gasteiger partial charge in [0.05, 0.1) is 25.9 Å². The van der Waals surface area contributed by atoms with Crippen molar-refractivity contribution in [2.75, 3.05) is 24.7 Å². The number of aromatic amines is 1. The maximum Gasteiger partial charge on any atom is 0.472 e. The first kappa shape index (κ1) is 31.5. The number of hydrogen-bond donors (Lipinski definition) is 8. The molecule has 25 heteroatoms. The summed E-state index contributed by atoms with van der Waals surface area (Å²) in [7, 11) is -8.60. The minimum atomic E-state index is -5.15. The summed E-state index contributed by atoms with van der Waals surface area (Å²) in [6, 6.07) is 0. The van der Waals surface area contributed by atoms with Crippen LogP contribution in [0.5, 0.6) is 0 Å². The third-order valence-corrected chi connectivity index (χ3v) is 8.46. The molecule has 0 spiro atoms. The number of aliphatic hydroxyl groups excluding tert-OH is 3. The summed E-state index contributed by atoms with van der Waals surface area (Å²) in [6.07, 6.45) is -8.70. The molecule has 2 fully saturated rings. The average Bonchev–Trinajstić information content (AvgIpc) is 3.73. The summed E-state index contributed by atoms with van der Waals surface area (Å²) < 4.78 is 53.0. The predicted octanol–water partition coefficient (Wildman–Crippen LogP) is -3.10. The number of imidazole rings is 2. The minimum Gasteiger partial charge on any atom is -0.387 e. The number of nitrogens with two attached hydrogens (primary N) is 2. The second kappa shape index (κ2) is 12.1. The molecule has 0 saturated carbocycles. The Morgan fingerprint density at radius 2 is 1.62 bits per heavy atom. The summed E-state index contributed by atoms with van der Waals surface area (Å²) in [6.45, 7) is -1.42. The van der Waals surface area contributed by atoms with Crippen LogP contribution in [0.15, 0.2) is 23.8 Å². The van der Waals surface area contributed by atoms with Gasteiger partial charge < -0.3 is 50.6 Å². The van der Waals surface area contributed by atoms with Gasteiger partial charge in [0.15, 0.2) is 35.1 Å². The lowest BCUT2D eigenvalue weighted by Gasteiger charge is -2.25. The molecule has 4 aromatic heterocycles. The Kier molecular flexibility index (Phi) is 8.45. The fourth-order valence-corrected chi connectivity index (χ4v) is 6.22. The van der Waals surface area contributed by atoms with Gasteiger partial charge in [-0.05, 0) is 0 Å². The smallest absolute Gasteiger partial charge is 0.387 e. The molecule has 6 heterocycles. The van der Waals surface area contributed by atoms with Crippen molar-refractivity contribution >= 4 is 50.2 Å². The van der Waals surface area contributed by atoms with Crippen molar-refractivity contribution in [2.24, 2.45) is 0 Å². The lowest BCUT2D eigenvalue weighted by atomic mass is 10.1. The van der Waals surface area contributed by atoms with Crippen LogP contribution in [0.3, 0.4) is 0 Å². The van der Waals surface area contributed by atoms with Gasteiger partial charge >= 0.3 is 16.1 Å². The first-order valence-corrected chi connectivity index (χ1v) is 15.6. The van der Waals surface area contributed by atoms with Crippen molar-refractivity contribution in [1.82, 2.24) is 39.0 Å². The van der Waals surface area contributed by atoms with Crippen LogP contribution in [-0.2, 0) is 32.2 Å². The topological polar surface area (TPSA) is 341 Å². The van der Waals surface area contributed by atoms with Crippen molar-refractivity contribution < 1.29 is 57.3 Å². The molecule has 0 aromatic carbocycles. The summed E-state index contributed by atoms with van der Waals surface area (Å²) in [5.74, 6) is -0.230. The molecule has 4 aromatic rings. The highest BCUT2D eigenvalue weighted by Gasteiger charge is 2.51. The second-order valence-corrected chi connectivity index (χ2v) is 12.1. The zero-order chi connectivity index (χ0) is 32.2. The van der Waals surface area contributed by atoms with E-state index in [9.17, 15) is 34.1 Å². The van der Waals surface area contributed by atoms with Crippen LogP contribution in [0.25, 0.3) is 22.3 Å². The highest BCUT2D eigenvalue weighted by atomic mass is 31.2. The Balaban J connectivity index is 1.20. The quantitative estimate of drug-likeness (QED) is 0.0771. The van der Waals surface area contributed by atoms with Gasteiger partial charge in [-0.1, -0.05) is 0 Å². The molecule has 2 aliphatic rings. The number of rotatable bonds is 10. The third kappa shape index (κ3) is 5.96. The third-order valence-electron chi connectivity index (χ3n) is 7.06. The van der Waals surface area contributed by atoms with E-state index in [-0.39, 0.29) is 34.1 Å². The molecule has 4 unspecified atom stereocenters. The van der Waals surface area contributed by atoms with Crippen LogP contribution in [-0.4, -0.2) is 114 Å². The Morgan fingerprint density at radius 3 is 2.36 bits per heavy atom. The SMILES string of the molecule is Nc1nc2c(ncn2[C@@H]2OC(CO[PH](=O)O)[C@@H](O)[C@H]2OP(=O)(O)OCC2O[C@@H](n3cnc4c(N)ncnc43)[C@H](O)[C@@H]2O)c(=O)[nH]1. The molecule has 10 atom stereocenters. The highest BCUT2D eigenvalue weighted by molar-refractivity contribution is 7.47. The minimum absolute atomic E-state index is 0.0655. The van der Waals surface area contributed by atoms with Gasteiger partial charge in [0.25, 0.3) is 5.56 Å². The standard InChI is InChI=1S/C20H26N10O13P2/c21-14-8-15(24-3-23-14)29(4-25-8)18-12(33)10(31)7(41-18)2-40-45(37,38)43-13-11(32)6(1-39-44(35)36)42-19(13)30-5-26-9-16(30)27-20(22)28-17(9)34/h3-7,10-13,18-19,31-33,44H,1-2H2,(H,35,36)(H,37,38)(H2,21,23,24)(H3,22,27,28,34)/t6?,7?,10-,11-,12-,13-,18-,19-/m1/s1. The number of fused-ring (bicyclic) bond motifs is 2. The number of nitrogens with one attached hydrogen (secondary N) is 1. The number of nitrogens with zero attached hydrogens (tertiary/aromatic N) is 7. The Morgan fingerprint density at radius 1 is 0.956 bits per heavy atom. The molecule has 6 rings (SSSR count). The first-order valence-electron chi connectivity index (χ1n) is 12.9. The predicted molar refractivity (Wildman–Crippen MR) is 146 cm³/mol. The number of hydrogen-bond acceptors (Lipinski definition) is 18. The van der Waals surface area contributed by atoms with Crippen LogP contribution >= 0.6 is 16.1 Å². The molecule has 0 bridgehead atoms. The average molecular weight is 676 g/mol. The maximum atomic E-state index is 13.1. The Bertz CT molecular complexity index is 1850. The van der Waals surface area contributed by atoms with E-state index in [1.807, 2.05) is 0 Å². The first-order chi connectivity index (χ1) is 21.3. The highest BCUT2D eigenvalue weighted by Crippen LogP contribution is 2.50.